The molecule has 5 rings (SSSR count). The third-order valence-electron chi connectivity index (χ3n) is 7.36. The first-order chi connectivity index (χ1) is 14.3. The zero-order chi connectivity index (χ0) is 21.1. The van der Waals surface area contributed by atoms with Gasteiger partial charge >= 0.3 is 5.97 Å². The molecular formula is C21H22BrN3O3S2. The summed E-state index contributed by atoms with van der Waals surface area (Å²) in [7, 11) is 0. The van der Waals surface area contributed by atoms with E-state index in [1.807, 2.05) is 12.1 Å². The number of carbonyl (C=O) groups is 1. The minimum atomic E-state index is -0.706. The number of ether oxygens (including phenoxy) is 2. The first kappa shape index (κ1) is 20.6. The van der Waals surface area contributed by atoms with Crippen LogP contribution in [-0.2, 0) is 14.3 Å². The van der Waals surface area contributed by atoms with Crippen molar-refractivity contribution in [2.75, 3.05) is 0 Å². The summed E-state index contributed by atoms with van der Waals surface area (Å²) in [5, 5.41) is 9.38. The highest BCUT2D eigenvalue weighted by molar-refractivity contribution is 9.12. The van der Waals surface area contributed by atoms with Crippen molar-refractivity contribution in [2.45, 2.75) is 56.8 Å². The van der Waals surface area contributed by atoms with Crippen molar-refractivity contribution in [3.8, 4) is 10.6 Å². The van der Waals surface area contributed by atoms with Crippen molar-refractivity contribution in [1.82, 2.24) is 15.2 Å². The highest BCUT2D eigenvalue weighted by atomic mass is 79.9. The highest BCUT2D eigenvalue weighted by Crippen LogP contribution is 2.66. The molecule has 2 aromatic rings. The third kappa shape index (κ3) is 3.16. The molecule has 2 saturated carbocycles. The summed E-state index contributed by atoms with van der Waals surface area (Å²) in [6.45, 7) is 7.01. The van der Waals surface area contributed by atoms with Gasteiger partial charge in [0.05, 0.1) is 11.0 Å². The van der Waals surface area contributed by atoms with Crippen molar-refractivity contribution in [2.24, 2.45) is 16.7 Å². The number of nitrogens with zero attached hydrogens (tertiary/aromatic N) is 3. The van der Waals surface area contributed by atoms with Crippen LogP contribution in [-0.4, -0.2) is 33.5 Å². The lowest BCUT2D eigenvalue weighted by atomic mass is 9.70. The number of carbonyl (C=O) groups excluding carboxylic acids is 1. The monoisotopic (exact) mass is 507 g/mol. The van der Waals surface area contributed by atoms with Gasteiger partial charge in [-0.2, -0.15) is 0 Å². The SMILES string of the molecule is CC1(C)C2CCC1(C)C(O[C@H]1OC(=O)C(Br)=C1Sc1nnc(-c3ccncc3)s1)C2. The van der Waals surface area contributed by atoms with Crippen LogP contribution in [0.4, 0.5) is 0 Å². The number of hydrogen-bond acceptors (Lipinski definition) is 8. The van der Waals surface area contributed by atoms with Crippen molar-refractivity contribution >= 4 is 45.0 Å². The summed E-state index contributed by atoms with van der Waals surface area (Å²) in [6.07, 6.45) is 6.23. The molecule has 0 amide bonds. The van der Waals surface area contributed by atoms with Crippen molar-refractivity contribution in [3.63, 3.8) is 0 Å². The average Bonchev–Trinajstić information content (AvgIpc) is 3.41. The zero-order valence-electron chi connectivity index (χ0n) is 16.9. The Morgan fingerprint density at radius 1 is 1.27 bits per heavy atom. The summed E-state index contributed by atoms with van der Waals surface area (Å²) < 4.78 is 13.2. The van der Waals surface area contributed by atoms with E-state index in [1.54, 1.807) is 12.4 Å². The predicted molar refractivity (Wildman–Crippen MR) is 119 cm³/mol. The lowest BCUT2D eigenvalue weighted by Gasteiger charge is -2.39. The lowest BCUT2D eigenvalue weighted by Crippen LogP contribution is -2.39. The summed E-state index contributed by atoms with van der Waals surface area (Å²) in [5.41, 5.74) is 1.28. The maximum absolute atomic E-state index is 12.3. The summed E-state index contributed by atoms with van der Waals surface area (Å²) in [5.74, 6) is 0.258. The molecule has 2 aromatic heterocycles. The van der Waals surface area contributed by atoms with Gasteiger partial charge in [-0.3, -0.25) is 4.98 Å². The van der Waals surface area contributed by atoms with Gasteiger partial charge in [0.15, 0.2) is 4.34 Å². The molecule has 2 bridgehead atoms. The first-order valence-corrected chi connectivity index (χ1v) is 12.4. The van der Waals surface area contributed by atoms with E-state index in [2.05, 4.69) is 51.9 Å². The van der Waals surface area contributed by atoms with E-state index >= 15 is 0 Å². The number of fused-ring (bicyclic) bond motifs is 2. The van der Waals surface area contributed by atoms with Crippen LogP contribution < -0.4 is 0 Å². The Morgan fingerprint density at radius 2 is 2.03 bits per heavy atom. The molecule has 6 nitrogen and oxygen atoms in total. The fourth-order valence-electron chi connectivity index (χ4n) is 5.03. The van der Waals surface area contributed by atoms with E-state index in [0.717, 1.165) is 27.8 Å². The third-order valence-corrected chi connectivity index (χ3v) is 10.5. The Bertz CT molecular complexity index is 1030. The minimum absolute atomic E-state index is 0.0693. The second-order valence-corrected chi connectivity index (χ2v) is 11.9. The first-order valence-electron chi connectivity index (χ1n) is 9.97. The van der Waals surface area contributed by atoms with E-state index < -0.39 is 12.3 Å². The molecule has 0 radical (unpaired) electrons. The molecule has 9 heteroatoms. The van der Waals surface area contributed by atoms with Gasteiger partial charge in [0.25, 0.3) is 0 Å². The van der Waals surface area contributed by atoms with E-state index in [9.17, 15) is 4.79 Å². The fourth-order valence-corrected chi connectivity index (χ4v) is 7.45. The highest BCUT2D eigenvalue weighted by Gasteiger charge is 2.62. The van der Waals surface area contributed by atoms with Crippen molar-refractivity contribution < 1.29 is 14.3 Å². The van der Waals surface area contributed by atoms with Crippen LogP contribution in [0.3, 0.4) is 0 Å². The maximum atomic E-state index is 12.3. The van der Waals surface area contributed by atoms with E-state index in [1.165, 1.54) is 29.5 Å². The molecule has 3 heterocycles. The van der Waals surface area contributed by atoms with Gasteiger partial charge in [-0.05, 0) is 64.1 Å². The number of thioether (sulfide) groups is 1. The van der Waals surface area contributed by atoms with Crippen molar-refractivity contribution in [3.05, 3.63) is 33.9 Å². The smallest absolute Gasteiger partial charge is 0.348 e. The molecule has 0 aromatic carbocycles. The maximum Gasteiger partial charge on any atom is 0.348 e. The molecule has 3 unspecified atom stereocenters. The van der Waals surface area contributed by atoms with Gasteiger partial charge in [0, 0.05) is 18.0 Å². The lowest BCUT2D eigenvalue weighted by molar-refractivity contribution is -0.181. The minimum Gasteiger partial charge on any atom is -0.427 e. The number of esters is 1. The second kappa shape index (κ2) is 7.39. The summed E-state index contributed by atoms with van der Waals surface area (Å²) in [6, 6.07) is 3.80. The Hall–Kier alpha value is -1.29. The molecule has 4 atom stereocenters. The Labute approximate surface area is 192 Å². The molecule has 1 aliphatic heterocycles. The number of rotatable bonds is 5. The van der Waals surface area contributed by atoms with E-state index in [0.29, 0.717) is 15.3 Å². The molecule has 158 valence electrons. The number of aromatic nitrogens is 3. The zero-order valence-corrected chi connectivity index (χ0v) is 20.1. The van der Waals surface area contributed by atoms with Crippen LogP contribution in [0.2, 0.25) is 0 Å². The van der Waals surface area contributed by atoms with Crippen LogP contribution in [0, 0.1) is 16.7 Å². The standard InChI is InChI=1S/C21H22BrN3O3S2/c1-20(2)12-4-7-21(20,3)13(10-12)27-18-15(14(22)17(26)28-18)29-19-25-24-16(30-19)11-5-8-23-9-6-11/h5-6,8-9,12-13,18H,4,7,10H2,1-3H3/t12?,13?,18-,21?/m0/s1. The second-order valence-electron chi connectivity index (χ2n) is 8.86. The molecule has 30 heavy (non-hydrogen) atoms. The van der Waals surface area contributed by atoms with Gasteiger partial charge < -0.3 is 9.47 Å². The van der Waals surface area contributed by atoms with E-state index in [4.69, 9.17) is 9.47 Å². The predicted octanol–water partition coefficient (Wildman–Crippen LogP) is 5.41. The van der Waals surface area contributed by atoms with Crippen LogP contribution in [0.15, 0.2) is 38.3 Å². The number of pyridine rings is 1. The van der Waals surface area contributed by atoms with Crippen molar-refractivity contribution in [1.29, 1.82) is 0 Å². The van der Waals surface area contributed by atoms with Gasteiger partial charge in [-0.15, -0.1) is 10.2 Å². The molecule has 3 aliphatic rings. The number of hydrogen-bond donors (Lipinski definition) is 0. The Kier molecular flexibility index (Phi) is 5.08. The summed E-state index contributed by atoms with van der Waals surface area (Å²) >= 11 is 6.25. The van der Waals surface area contributed by atoms with Gasteiger partial charge in [-0.25, -0.2) is 4.79 Å². The van der Waals surface area contributed by atoms with E-state index in [-0.39, 0.29) is 16.9 Å². The van der Waals surface area contributed by atoms with Gasteiger partial charge in [0.1, 0.15) is 9.49 Å². The molecule has 2 fully saturated rings. The number of cyclic esters (lactones) is 1. The Balaban J connectivity index is 1.35. The van der Waals surface area contributed by atoms with Gasteiger partial charge in [0.2, 0.25) is 6.29 Å². The van der Waals surface area contributed by atoms with Gasteiger partial charge in [-0.1, -0.05) is 43.9 Å². The average molecular weight is 508 g/mol. The van der Waals surface area contributed by atoms with Crippen LogP contribution >= 0.6 is 39.0 Å². The van der Waals surface area contributed by atoms with Crippen LogP contribution in [0.5, 0.6) is 0 Å². The topological polar surface area (TPSA) is 74.2 Å². The molecular weight excluding hydrogens is 486 g/mol. The Morgan fingerprint density at radius 3 is 2.70 bits per heavy atom. The molecule has 2 aliphatic carbocycles. The fraction of sp³-hybridized carbons (Fsp3) is 0.524. The largest absolute Gasteiger partial charge is 0.427 e. The molecule has 0 N–H and O–H groups in total. The molecule has 0 spiro atoms. The van der Waals surface area contributed by atoms with Crippen LogP contribution in [0.25, 0.3) is 10.6 Å². The van der Waals surface area contributed by atoms with Crippen LogP contribution in [0.1, 0.15) is 40.0 Å². The number of halogens is 1. The molecule has 0 saturated heterocycles. The normalized spacial score (nSPS) is 32.1. The quantitative estimate of drug-likeness (QED) is 0.500. The summed E-state index contributed by atoms with van der Waals surface area (Å²) in [4.78, 5) is 17.0.